The Morgan fingerprint density at radius 3 is 2.64 bits per heavy atom. The van der Waals surface area contributed by atoms with E-state index in [0.717, 1.165) is 0 Å². The standard InChI is InChI=1S/C7H10N6O/c1-12-4-8-10-7(12)6(14)5-3-13(2)11-9-5/h3-4,6,14H,1-2H3. The molecule has 2 rings (SSSR count). The lowest BCUT2D eigenvalue weighted by atomic mass is 10.2. The van der Waals surface area contributed by atoms with Gasteiger partial charge in [-0.1, -0.05) is 5.21 Å². The van der Waals surface area contributed by atoms with Gasteiger partial charge in [-0.3, -0.25) is 4.68 Å². The van der Waals surface area contributed by atoms with E-state index < -0.39 is 6.10 Å². The number of aromatic nitrogens is 6. The summed E-state index contributed by atoms with van der Waals surface area (Å²) in [5.74, 6) is 0.450. The van der Waals surface area contributed by atoms with Gasteiger partial charge in [-0.2, -0.15) is 0 Å². The summed E-state index contributed by atoms with van der Waals surface area (Å²) in [4.78, 5) is 0. The highest BCUT2D eigenvalue weighted by Crippen LogP contribution is 2.15. The van der Waals surface area contributed by atoms with E-state index in [4.69, 9.17) is 0 Å². The van der Waals surface area contributed by atoms with Gasteiger partial charge in [0.15, 0.2) is 11.9 Å². The Kier molecular flexibility index (Phi) is 2.01. The maximum Gasteiger partial charge on any atom is 0.167 e. The van der Waals surface area contributed by atoms with E-state index in [0.29, 0.717) is 11.5 Å². The number of rotatable bonds is 2. The summed E-state index contributed by atoms with van der Waals surface area (Å²) in [7, 11) is 3.49. The van der Waals surface area contributed by atoms with Crippen LogP contribution in [0.1, 0.15) is 17.6 Å². The molecule has 0 amide bonds. The number of aliphatic hydroxyl groups excluding tert-OH is 1. The summed E-state index contributed by atoms with van der Waals surface area (Å²) in [5, 5.41) is 24.8. The Morgan fingerprint density at radius 2 is 2.14 bits per heavy atom. The normalized spacial score (nSPS) is 13.1. The summed E-state index contributed by atoms with van der Waals surface area (Å²) in [6.45, 7) is 0. The van der Waals surface area contributed by atoms with Gasteiger partial charge >= 0.3 is 0 Å². The fourth-order valence-electron chi connectivity index (χ4n) is 1.16. The molecule has 1 unspecified atom stereocenters. The maximum atomic E-state index is 9.84. The largest absolute Gasteiger partial charge is 0.379 e. The van der Waals surface area contributed by atoms with Crippen molar-refractivity contribution in [2.24, 2.45) is 14.1 Å². The van der Waals surface area contributed by atoms with Crippen LogP contribution in [0, 0.1) is 0 Å². The molecule has 7 heteroatoms. The zero-order valence-corrected chi connectivity index (χ0v) is 7.86. The highest BCUT2D eigenvalue weighted by Gasteiger charge is 2.18. The predicted molar refractivity (Wildman–Crippen MR) is 46.1 cm³/mol. The van der Waals surface area contributed by atoms with Crippen molar-refractivity contribution < 1.29 is 5.11 Å². The molecule has 0 bridgehead atoms. The van der Waals surface area contributed by atoms with Gasteiger partial charge in [0.1, 0.15) is 12.0 Å². The average Bonchev–Trinajstić information content (AvgIpc) is 2.73. The molecular formula is C7H10N6O. The van der Waals surface area contributed by atoms with Gasteiger partial charge in [-0.15, -0.1) is 15.3 Å². The van der Waals surface area contributed by atoms with Crippen molar-refractivity contribution in [2.75, 3.05) is 0 Å². The monoisotopic (exact) mass is 194 g/mol. The van der Waals surface area contributed by atoms with Crippen LogP contribution < -0.4 is 0 Å². The van der Waals surface area contributed by atoms with Crippen molar-refractivity contribution in [1.29, 1.82) is 0 Å². The lowest BCUT2D eigenvalue weighted by Gasteiger charge is -2.04. The summed E-state index contributed by atoms with van der Waals surface area (Å²) in [6.07, 6.45) is 2.28. The minimum Gasteiger partial charge on any atom is -0.379 e. The van der Waals surface area contributed by atoms with Gasteiger partial charge in [0.05, 0.1) is 6.20 Å². The van der Waals surface area contributed by atoms with Crippen molar-refractivity contribution >= 4 is 0 Å². The quantitative estimate of drug-likeness (QED) is 0.664. The van der Waals surface area contributed by atoms with Gasteiger partial charge < -0.3 is 9.67 Å². The smallest absolute Gasteiger partial charge is 0.167 e. The second kappa shape index (κ2) is 3.18. The van der Waals surface area contributed by atoms with E-state index in [2.05, 4.69) is 20.5 Å². The van der Waals surface area contributed by atoms with Crippen LogP contribution in [0.2, 0.25) is 0 Å². The fraction of sp³-hybridized carbons (Fsp3) is 0.429. The molecule has 0 aliphatic heterocycles. The number of hydrogen-bond acceptors (Lipinski definition) is 5. The van der Waals surface area contributed by atoms with Crippen LogP contribution in [0.5, 0.6) is 0 Å². The topological polar surface area (TPSA) is 81.6 Å². The lowest BCUT2D eigenvalue weighted by molar-refractivity contribution is 0.200. The van der Waals surface area contributed by atoms with Crippen molar-refractivity contribution in [3.8, 4) is 0 Å². The molecule has 2 aromatic rings. The third-order valence-corrected chi connectivity index (χ3v) is 1.89. The van der Waals surface area contributed by atoms with Crippen LogP contribution in [0.4, 0.5) is 0 Å². The first-order valence-corrected chi connectivity index (χ1v) is 4.06. The van der Waals surface area contributed by atoms with E-state index in [1.165, 1.54) is 11.0 Å². The van der Waals surface area contributed by atoms with E-state index in [1.54, 1.807) is 24.9 Å². The predicted octanol–water partition coefficient (Wildman–Crippen LogP) is -0.975. The van der Waals surface area contributed by atoms with Crippen molar-refractivity contribution in [3.63, 3.8) is 0 Å². The van der Waals surface area contributed by atoms with E-state index in [-0.39, 0.29) is 0 Å². The minimum absolute atomic E-state index is 0.450. The zero-order valence-electron chi connectivity index (χ0n) is 7.86. The fourth-order valence-corrected chi connectivity index (χ4v) is 1.16. The first-order valence-electron chi connectivity index (χ1n) is 4.06. The average molecular weight is 194 g/mol. The third-order valence-electron chi connectivity index (χ3n) is 1.89. The number of hydrogen-bond donors (Lipinski definition) is 1. The number of aryl methyl sites for hydroxylation is 2. The Hall–Kier alpha value is -1.76. The molecule has 2 heterocycles. The SMILES string of the molecule is Cn1cc(C(O)c2nncn2C)nn1. The molecule has 7 nitrogen and oxygen atoms in total. The zero-order chi connectivity index (χ0) is 10.1. The Balaban J connectivity index is 2.33. The molecule has 0 aromatic carbocycles. The molecule has 0 aliphatic rings. The minimum atomic E-state index is -0.879. The molecule has 1 atom stereocenters. The van der Waals surface area contributed by atoms with E-state index in [9.17, 15) is 5.11 Å². The van der Waals surface area contributed by atoms with Gasteiger partial charge in [0.2, 0.25) is 0 Å². The van der Waals surface area contributed by atoms with Crippen molar-refractivity contribution in [1.82, 2.24) is 29.8 Å². The Labute approximate surface area is 80.0 Å². The summed E-state index contributed by atoms with van der Waals surface area (Å²) < 4.78 is 3.16. The van der Waals surface area contributed by atoms with Crippen molar-refractivity contribution in [3.05, 3.63) is 24.0 Å². The molecule has 0 spiro atoms. The van der Waals surface area contributed by atoms with Gasteiger partial charge in [0, 0.05) is 14.1 Å². The second-order valence-electron chi connectivity index (χ2n) is 3.02. The van der Waals surface area contributed by atoms with Crippen LogP contribution in [0.3, 0.4) is 0 Å². The van der Waals surface area contributed by atoms with Crippen molar-refractivity contribution in [2.45, 2.75) is 6.10 Å². The maximum absolute atomic E-state index is 9.84. The molecule has 0 fully saturated rings. The molecule has 74 valence electrons. The molecule has 1 N–H and O–H groups in total. The summed E-state index contributed by atoms with van der Waals surface area (Å²) >= 11 is 0. The summed E-state index contributed by atoms with van der Waals surface area (Å²) in [6, 6.07) is 0. The lowest BCUT2D eigenvalue weighted by Crippen LogP contribution is -2.07. The second-order valence-corrected chi connectivity index (χ2v) is 3.02. The molecule has 14 heavy (non-hydrogen) atoms. The highest BCUT2D eigenvalue weighted by molar-refractivity contribution is 5.09. The van der Waals surface area contributed by atoms with Crippen LogP contribution >= 0.6 is 0 Å². The first kappa shape index (κ1) is 8.82. The van der Waals surface area contributed by atoms with E-state index >= 15 is 0 Å². The molecule has 2 aromatic heterocycles. The van der Waals surface area contributed by atoms with Gasteiger partial charge in [-0.05, 0) is 0 Å². The first-order chi connectivity index (χ1) is 6.68. The molecular weight excluding hydrogens is 184 g/mol. The molecule has 0 saturated carbocycles. The number of nitrogens with zero attached hydrogens (tertiary/aromatic N) is 6. The Bertz CT molecular complexity index is 433. The highest BCUT2D eigenvalue weighted by atomic mass is 16.3. The van der Waals surface area contributed by atoms with Crippen LogP contribution in [-0.4, -0.2) is 34.9 Å². The summed E-state index contributed by atoms with van der Waals surface area (Å²) in [5.41, 5.74) is 0.462. The molecule has 0 saturated heterocycles. The third kappa shape index (κ3) is 1.37. The van der Waals surface area contributed by atoms with Gasteiger partial charge in [-0.25, -0.2) is 0 Å². The molecule has 0 radical (unpaired) electrons. The van der Waals surface area contributed by atoms with Crippen LogP contribution in [0.25, 0.3) is 0 Å². The Morgan fingerprint density at radius 1 is 1.36 bits per heavy atom. The van der Waals surface area contributed by atoms with Crippen LogP contribution in [0.15, 0.2) is 12.5 Å². The van der Waals surface area contributed by atoms with Gasteiger partial charge in [0.25, 0.3) is 0 Å². The molecule has 0 aliphatic carbocycles. The van der Waals surface area contributed by atoms with E-state index in [1.807, 2.05) is 0 Å². The van der Waals surface area contributed by atoms with Crippen LogP contribution in [-0.2, 0) is 14.1 Å². The number of aliphatic hydroxyl groups is 1.